The van der Waals surface area contributed by atoms with Crippen molar-refractivity contribution in [1.82, 2.24) is 10.6 Å². The molecule has 0 saturated heterocycles. The van der Waals surface area contributed by atoms with Crippen molar-refractivity contribution in [2.45, 2.75) is 70.3 Å². The standard InChI is InChI=1S/C16H32N2O2S/c1-12(21-5)9-10-17-14-8-6-7-13(14)11-18-15(19)20-16(2,3)4/h12-14,17H,6-11H2,1-5H3,(H,18,19). The van der Waals surface area contributed by atoms with E-state index in [9.17, 15) is 4.79 Å². The normalized spacial score (nSPS) is 23.9. The fourth-order valence-electron chi connectivity index (χ4n) is 2.67. The van der Waals surface area contributed by atoms with Crippen molar-refractivity contribution in [3.05, 3.63) is 0 Å². The molecule has 0 aromatic rings. The average Bonchev–Trinajstić information content (AvgIpc) is 2.81. The highest BCUT2D eigenvalue weighted by molar-refractivity contribution is 7.99. The lowest BCUT2D eigenvalue weighted by molar-refractivity contribution is 0.0517. The Morgan fingerprint density at radius 3 is 2.71 bits per heavy atom. The van der Waals surface area contributed by atoms with E-state index < -0.39 is 5.60 Å². The van der Waals surface area contributed by atoms with E-state index in [0.717, 1.165) is 6.54 Å². The van der Waals surface area contributed by atoms with Crippen LogP contribution in [-0.4, -0.2) is 42.3 Å². The molecule has 0 aromatic heterocycles. The Balaban J connectivity index is 2.25. The third-order valence-corrected chi connectivity index (χ3v) is 4.97. The van der Waals surface area contributed by atoms with Crippen LogP contribution in [0.15, 0.2) is 0 Å². The molecule has 0 aromatic carbocycles. The maximum Gasteiger partial charge on any atom is 0.407 e. The second-order valence-electron chi connectivity index (χ2n) is 6.97. The number of nitrogens with one attached hydrogen (secondary N) is 2. The van der Waals surface area contributed by atoms with Gasteiger partial charge >= 0.3 is 6.09 Å². The first-order valence-electron chi connectivity index (χ1n) is 8.05. The Morgan fingerprint density at radius 2 is 2.10 bits per heavy atom. The van der Waals surface area contributed by atoms with Gasteiger partial charge in [-0.2, -0.15) is 11.8 Å². The first-order valence-corrected chi connectivity index (χ1v) is 9.33. The molecule has 1 aliphatic carbocycles. The fourth-order valence-corrected chi connectivity index (χ4v) is 3.02. The quantitative estimate of drug-likeness (QED) is 0.756. The highest BCUT2D eigenvalue weighted by Gasteiger charge is 2.27. The summed E-state index contributed by atoms with van der Waals surface area (Å²) in [6.07, 6.45) is 6.71. The minimum atomic E-state index is -0.425. The number of carbonyl (C=O) groups excluding carboxylic acids is 1. The van der Waals surface area contributed by atoms with E-state index in [1.807, 2.05) is 32.5 Å². The van der Waals surface area contributed by atoms with Gasteiger partial charge in [0, 0.05) is 17.8 Å². The summed E-state index contributed by atoms with van der Waals surface area (Å²) in [5, 5.41) is 7.29. The highest BCUT2D eigenvalue weighted by atomic mass is 32.2. The second-order valence-corrected chi connectivity index (χ2v) is 8.25. The maximum atomic E-state index is 11.7. The van der Waals surface area contributed by atoms with Crippen molar-refractivity contribution >= 4 is 17.9 Å². The minimum Gasteiger partial charge on any atom is -0.444 e. The van der Waals surface area contributed by atoms with Gasteiger partial charge in [0.05, 0.1) is 0 Å². The summed E-state index contributed by atoms with van der Waals surface area (Å²) < 4.78 is 5.29. The SMILES string of the molecule is CSC(C)CCNC1CCCC1CNC(=O)OC(C)(C)C. The van der Waals surface area contributed by atoms with Crippen LogP contribution in [0.1, 0.15) is 53.4 Å². The lowest BCUT2D eigenvalue weighted by Gasteiger charge is -2.24. The first kappa shape index (κ1) is 18.6. The summed E-state index contributed by atoms with van der Waals surface area (Å²) in [6.45, 7) is 9.71. The van der Waals surface area contributed by atoms with Gasteiger partial charge in [-0.3, -0.25) is 0 Å². The molecule has 1 aliphatic rings. The number of amides is 1. The molecule has 4 nitrogen and oxygen atoms in total. The van der Waals surface area contributed by atoms with Gasteiger partial charge < -0.3 is 15.4 Å². The van der Waals surface area contributed by atoms with E-state index in [0.29, 0.717) is 23.8 Å². The molecule has 124 valence electrons. The smallest absolute Gasteiger partial charge is 0.407 e. The Kier molecular flexibility index (Phi) is 7.88. The van der Waals surface area contributed by atoms with Gasteiger partial charge in [-0.15, -0.1) is 0 Å². The lowest BCUT2D eigenvalue weighted by Crippen LogP contribution is -2.41. The second kappa shape index (κ2) is 8.89. The van der Waals surface area contributed by atoms with Crippen molar-refractivity contribution in [3.63, 3.8) is 0 Å². The predicted octanol–water partition coefficient (Wildman–Crippen LogP) is 3.41. The minimum absolute atomic E-state index is 0.302. The van der Waals surface area contributed by atoms with Crippen LogP contribution >= 0.6 is 11.8 Å². The van der Waals surface area contributed by atoms with Crippen molar-refractivity contribution in [2.24, 2.45) is 5.92 Å². The Hall–Kier alpha value is -0.420. The van der Waals surface area contributed by atoms with Crippen LogP contribution < -0.4 is 10.6 Å². The van der Waals surface area contributed by atoms with Gasteiger partial charge in [-0.25, -0.2) is 4.79 Å². The molecule has 1 amide bonds. The van der Waals surface area contributed by atoms with Gasteiger partial charge in [-0.05, 0) is 58.8 Å². The number of hydrogen-bond acceptors (Lipinski definition) is 4. The van der Waals surface area contributed by atoms with Gasteiger partial charge in [0.25, 0.3) is 0 Å². The summed E-state index contributed by atoms with van der Waals surface area (Å²) in [6, 6.07) is 0.536. The summed E-state index contributed by atoms with van der Waals surface area (Å²) in [5.41, 5.74) is -0.425. The number of carbonyl (C=O) groups is 1. The van der Waals surface area contributed by atoms with E-state index in [1.54, 1.807) is 0 Å². The number of ether oxygens (including phenoxy) is 1. The maximum absolute atomic E-state index is 11.7. The van der Waals surface area contributed by atoms with Crippen LogP contribution in [0.2, 0.25) is 0 Å². The summed E-state index contributed by atoms with van der Waals surface area (Å²) >= 11 is 1.91. The van der Waals surface area contributed by atoms with E-state index >= 15 is 0 Å². The lowest BCUT2D eigenvalue weighted by atomic mass is 10.0. The molecule has 21 heavy (non-hydrogen) atoms. The summed E-state index contributed by atoms with van der Waals surface area (Å²) in [7, 11) is 0. The van der Waals surface area contributed by atoms with Crippen LogP contribution in [0, 0.1) is 5.92 Å². The molecule has 0 bridgehead atoms. The Labute approximate surface area is 134 Å². The largest absolute Gasteiger partial charge is 0.444 e. The average molecular weight is 317 g/mol. The van der Waals surface area contributed by atoms with Crippen LogP contribution in [0.4, 0.5) is 4.79 Å². The molecule has 0 aliphatic heterocycles. The first-order chi connectivity index (χ1) is 9.81. The third kappa shape index (κ3) is 7.96. The molecule has 2 N–H and O–H groups in total. The Bertz CT molecular complexity index is 318. The van der Waals surface area contributed by atoms with Gasteiger partial charge in [-0.1, -0.05) is 13.3 Å². The van der Waals surface area contributed by atoms with E-state index in [1.165, 1.54) is 25.7 Å². The van der Waals surface area contributed by atoms with Gasteiger partial charge in [0.2, 0.25) is 0 Å². The van der Waals surface area contributed by atoms with Crippen LogP contribution in [0.25, 0.3) is 0 Å². The molecule has 0 spiro atoms. The molecular weight excluding hydrogens is 284 g/mol. The number of rotatable bonds is 7. The van der Waals surface area contributed by atoms with Crippen molar-refractivity contribution in [1.29, 1.82) is 0 Å². The Morgan fingerprint density at radius 1 is 1.38 bits per heavy atom. The molecule has 1 saturated carbocycles. The highest BCUT2D eigenvalue weighted by Crippen LogP contribution is 2.25. The van der Waals surface area contributed by atoms with Gasteiger partial charge in [0.1, 0.15) is 5.60 Å². The fraction of sp³-hybridized carbons (Fsp3) is 0.938. The molecule has 3 unspecified atom stereocenters. The molecule has 0 heterocycles. The van der Waals surface area contributed by atoms with Crippen LogP contribution in [-0.2, 0) is 4.74 Å². The monoisotopic (exact) mass is 316 g/mol. The molecule has 3 atom stereocenters. The zero-order chi connectivity index (χ0) is 15.9. The van der Waals surface area contributed by atoms with Crippen LogP contribution in [0.5, 0.6) is 0 Å². The molecule has 1 rings (SSSR count). The third-order valence-electron chi connectivity index (χ3n) is 3.93. The molecule has 1 fully saturated rings. The molecular formula is C16H32N2O2S. The summed E-state index contributed by atoms with van der Waals surface area (Å²) in [5.74, 6) is 0.530. The van der Waals surface area contributed by atoms with E-state index in [2.05, 4.69) is 23.8 Å². The van der Waals surface area contributed by atoms with E-state index in [4.69, 9.17) is 4.74 Å². The summed E-state index contributed by atoms with van der Waals surface area (Å²) in [4.78, 5) is 11.7. The number of thioether (sulfide) groups is 1. The predicted molar refractivity (Wildman–Crippen MR) is 91.0 cm³/mol. The van der Waals surface area contributed by atoms with Crippen molar-refractivity contribution in [3.8, 4) is 0 Å². The topological polar surface area (TPSA) is 50.4 Å². The molecule has 5 heteroatoms. The zero-order valence-corrected chi connectivity index (χ0v) is 15.0. The van der Waals surface area contributed by atoms with Crippen molar-refractivity contribution in [2.75, 3.05) is 19.3 Å². The van der Waals surface area contributed by atoms with Gasteiger partial charge in [0.15, 0.2) is 0 Å². The van der Waals surface area contributed by atoms with Crippen molar-refractivity contribution < 1.29 is 9.53 Å². The number of alkyl carbamates (subject to hydrolysis) is 1. The zero-order valence-electron chi connectivity index (χ0n) is 14.2. The number of hydrogen-bond donors (Lipinski definition) is 2. The molecule has 0 radical (unpaired) electrons. The van der Waals surface area contributed by atoms with E-state index in [-0.39, 0.29) is 6.09 Å². The van der Waals surface area contributed by atoms with Crippen LogP contribution in [0.3, 0.4) is 0 Å².